The molecule has 1 unspecified atom stereocenters. The van der Waals surface area contributed by atoms with Crippen LogP contribution in [0.4, 0.5) is 10.5 Å². The second-order valence-corrected chi connectivity index (χ2v) is 6.34. The van der Waals surface area contributed by atoms with Gasteiger partial charge in [0.15, 0.2) is 5.41 Å². The van der Waals surface area contributed by atoms with Crippen molar-refractivity contribution in [2.75, 3.05) is 12.8 Å². The normalized spacial score (nSPS) is 20.1. The summed E-state index contributed by atoms with van der Waals surface area (Å²) in [5.41, 5.74) is 5.02. The number of carbonyl (C=O) groups excluding carboxylic acids is 4. The second kappa shape index (κ2) is 6.68. The van der Waals surface area contributed by atoms with E-state index in [2.05, 4.69) is 0 Å². The van der Waals surface area contributed by atoms with Crippen LogP contribution in [0.1, 0.15) is 29.3 Å². The number of barbiturate groups is 1. The van der Waals surface area contributed by atoms with E-state index in [-0.39, 0.29) is 12.0 Å². The van der Waals surface area contributed by atoms with Crippen molar-refractivity contribution in [1.82, 2.24) is 9.80 Å². The summed E-state index contributed by atoms with van der Waals surface area (Å²) in [6.07, 6.45) is 0.109. The summed E-state index contributed by atoms with van der Waals surface area (Å²) >= 11 is 0. The number of nitrogen functional groups attached to an aromatic ring is 1. The molecule has 27 heavy (non-hydrogen) atoms. The Morgan fingerprint density at radius 3 is 2.11 bits per heavy atom. The van der Waals surface area contributed by atoms with Crippen LogP contribution in [0.25, 0.3) is 0 Å². The number of hydrogen-bond acceptors (Lipinski definition) is 5. The highest BCUT2D eigenvalue weighted by Gasteiger charge is 2.58. The van der Waals surface area contributed by atoms with Crippen LogP contribution >= 0.6 is 0 Å². The number of urea groups is 1. The molecule has 2 N–H and O–H groups in total. The molecule has 1 heterocycles. The predicted molar refractivity (Wildman–Crippen MR) is 98.6 cm³/mol. The summed E-state index contributed by atoms with van der Waals surface area (Å²) in [6.45, 7) is 1.68. The van der Waals surface area contributed by atoms with Crippen LogP contribution in [0.15, 0.2) is 54.6 Å². The molecule has 1 atom stereocenters. The Balaban J connectivity index is 2.14. The van der Waals surface area contributed by atoms with Crippen molar-refractivity contribution in [1.29, 1.82) is 0 Å². The van der Waals surface area contributed by atoms with Crippen molar-refractivity contribution in [3.63, 3.8) is 0 Å². The molecule has 7 heteroatoms. The first-order valence-electron chi connectivity index (χ1n) is 8.46. The summed E-state index contributed by atoms with van der Waals surface area (Å²) in [6, 6.07) is 13.4. The van der Waals surface area contributed by atoms with Crippen LogP contribution in [0.3, 0.4) is 0 Å². The summed E-state index contributed by atoms with van der Waals surface area (Å²) < 4.78 is 0. The van der Waals surface area contributed by atoms with Crippen molar-refractivity contribution in [2.24, 2.45) is 0 Å². The van der Waals surface area contributed by atoms with E-state index in [9.17, 15) is 19.2 Å². The van der Waals surface area contributed by atoms with E-state index in [1.54, 1.807) is 37.3 Å². The summed E-state index contributed by atoms with van der Waals surface area (Å²) in [5, 5.41) is 0. The lowest BCUT2D eigenvalue weighted by atomic mass is 9.74. The Bertz CT molecular complexity index is 924. The van der Waals surface area contributed by atoms with Gasteiger partial charge in [0.2, 0.25) is 0 Å². The first-order chi connectivity index (χ1) is 12.8. The minimum absolute atomic E-state index is 0.109. The zero-order valence-corrected chi connectivity index (χ0v) is 15.0. The quantitative estimate of drug-likeness (QED) is 0.510. The summed E-state index contributed by atoms with van der Waals surface area (Å²) in [4.78, 5) is 53.2. The summed E-state index contributed by atoms with van der Waals surface area (Å²) in [5.74, 6) is -2.28. The highest BCUT2D eigenvalue weighted by atomic mass is 16.2. The van der Waals surface area contributed by atoms with Crippen LogP contribution in [0.5, 0.6) is 0 Å². The Morgan fingerprint density at radius 1 is 0.963 bits per heavy atom. The molecule has 2 aromatic carbocycles. The zero-order chi connectivity index (χ0) is 19.8. The first-order valence-corrected chi connectivity index (χ1v) is 8.46. The Hall–Kier alpha value is -3.48. The summed E-state index contributed by atoms with van der Waals surface area (Å²) in [7, 11) is 1.27. The maximum atomic E-state index is 13.3. The van der Waals surface area contributed by atoms with Gasteiger partial charge in [0.05, 0.1) is 0 Å². The SMILES string of the molecule is CCC1(c2ccccc2)C(=O)N(C)C(=O)N(C(=O)c2ccc(N)cc2)C1=O. The van der Waals surface area contributed by atoms with Crippen LogP contribution in [0.2, 0.25) is 0 Å². The number of amides is 5. The number of imide groups is 4. The Morgan fingerprint density at radius 2 is 1.56 bits per heavy atom. The molecule has 0 radical (unpaired) electrons. The molecule has 1 saturated heterocycles. The third kappa shape index (κ3) is 2.68. The number of likely N-dealkylation sites (N-methyl/N-ethyl adjacent to an activating group) is 1. The molecular formula is C20H19N3O4. The van der Waals surface area contributed by atoms with E-state index < -0.39 is 29.2 Å². The molecule has 0 aromatic heterocycles. The van der Waals surface area contributed by atoms with Crippen molar-refractivity contribution in [2.45, 2.75) is 18.8 Å². The maximum absolute atomic E-state index is 13.3. The maximum Gasteiger partial charge on any atom is 0.340 e. The highest BCUT2D eigenvalue weighted by molar-refractivity contribution is 6.30. The molecule has 3 rings (SSSR count). The van der Waals surface area contributed by atoms with Crippen molar-refractivity contribution in [3.8, 4) is 0 Å². The predicted octanol–water partition coefficient (Wildman–Crippen LogP) is 2.18. The van der Waals surface area contributed by atoms with Gasteiger partial charge in [-0.2, -0.15) is 4.90 Å². The van der Waals surface area contributed by atoms with Crippen LogP contribution in [-0.2, 0) is 15.0 Å². The third-order valence-electron chi connectivity index (χ3n) is 4.87. The minimum Gasteiger partial charge on any atom is -0.399 e. The van der Waals surface area contributed by atoms with E-state index in [0.29, 0.717) is 16.2 Å². The van der Waals surface area contributed by atoms with E-state index in [4.69, 9.17) is 5.73 Å². The monoisotopic (exact) mass is 365 g/mol. The van der Waals surface area contributed by atoms with E-state index in [1.165, 1.54) is 31.3 Å². The van der Waals surface area contributed by atoms with Gasteiger partial charge < -0.3 is 5.73 Å². The molecule has 1 aliphatic rings. The standard InChI is InChI=1S/C20H19N3O4/c1-3-20(14-7-5-4-6-8-14)17(25)22(2)19(27)23(18(20)26)16(24)13-9-11-15(21)12-10-13/h4-12H,3,21H2,1-2H3. The number of anilines is 1. The molecule has 138 valence electrons. The fourth-order valence-electron chi connectivity index (χ4n) is 3.30. The van der Waals surface area contributed by atoms with Crippen molar-refractivity contribution >= 4 is 29.4 Å². The second-order valence-electron chi connectivity index (χ2n) is 6.34. The molecular weight excluding hydrogens is 346 g/mol. The molecule has 1 aliphatic heterocycles. The van der Waals surface area contributed by atoms with Gasteiger partial charge >= 0.3 is 6.03 Å². The number of nitrogens with zero attached hydrogens (tertiary/aromatic N) is 2. The lowest BCUT2D eigenvalue weighted by Crippen LogP contribution is -2.67. The molecule has 0 spiro atoms. The highest BCUT2D eigenvalue weighted by Crippen LogP contribution is 2.36. The van der Waals surface area contributed by atoms with Crippen LogP contribution in [0, 0.1) is 0 Å². The van der Waals surface area contributed by atoms with Gasteiger partial charge in [0, 0.05) is 18.3 Å². The Labute approximate surface area is 156 Å². The van der Waals surface area contributed by atoms with Crippen LogP contribution in [-0.4, -0.2) is 40.6 Å². The van der Waals surface area contributed by atoms with E-state index in [1.807, 2.05) is 0 Å². The molecule has 1 fully saturated rings. The first kappa shape index (κ1) is 18.3. The van der Waals surface area contributed by atoms with E-state index in [0.717, 1.165) is 4.90 Å². The number of carbonyl (C=O) groups is 4. The third-order valence-corrected chi connectivity index (χ3v) is 4.87. The lowest BCUT2D eigenvalue weighted by molar-refractivity contribution is -0.149. The van der Waals surface area contributed by atoms with Gasteiger partial charge in [-0.1, -0.05) is 37.3 Å². The van der Waals surface area contributed by atoms with Gasteiger partial charge in [-0.25, -0.2) is 4.79 Å². The smallest absolute Gasteiger partial charge is 0.340 e. The number of hydrogen-bond donors (Lipinski definition) is 1. The Kier molecular flexibility index (Phi) is 4.53. The van der Waals surface area contributed by atoms with Crippen molar-refractivity contribution in [3.05, 3.63) is 65.7 Å². The molecule has 0 saturated carbocycles. The number of nitrogens with two attached hydrogens (primary N) is 1. The van der Waals surface area contributed by atoms with Crippen LogP contribution < -0.4 is 5.73 Å². The fourth-order valence-corrected chi connectivity index (χ4v) is 3.30. The fraction of sp³-hybridized carbons (Fsp3) is 0.200. The number of benzene rings is 2. The molecule has 5 amide bonds. The van der Waals surface area contributed by atoms with Gasteiger partial charge in [-0.15, -0.1) is 0 Å². The molecule has 7 nitrogen and oxygen atoms in total. The van der Waals surface area contributed by atoms with Gasteiger partial charge in [-0.05, 0) is 36.2 Å². The molecule has 0 aliphatic carbocycles. The number of rotatable bonds is 3. The molecule has 2 aromatic rings. The largest absolute Gasteiger partial charge is 0.399 e. The average molecular weight is 365 g/mol. The van der Waals surface area contributed by atoms with Gasteiger partial charge in [-0.3, -0.25) is 19.3 Å². The van der Waals surface area contributed by atoms with E-state index >= 15 is 0 Å². The minimum atomic E-state index is -1.63. The van der Waals surface area contributed by atoms with Crippen molar-refractivity contribution < 1.29 is 19.2 Å². The van der Waals surface area contributed by atoms with Gasteiger partial charge in [0.25, 0.3) is 17.7 Å². The lowest BCUT2D eigenvalue weighted by Gasteiger charge is -2.41. The topological polar surface area (TPSA) is 101 Å². The van der Waals surface area contributed by atoms with Gasteiger partial charge in [0.1, 0.15) is 0 Å². The molecule has 0 bridgehead atoms. The average Bonchev–Trinajstić information content (AvgIpc) is 2.68. The zero-order valence-electron chi connectivity index (χ0n) is 15.0.